The number of para-hydroxylation sites is 1. The third-order valence-electron chi connectivity index (χ3n) is 3.80. The number of benzene rings is 2. The van der Waals surface area contributed by atoms with Crippen molar-refractivity contribution in [3.05, 3.63) is 70.1 Å². The van der Waals surface area contributed by atoms with Gasteiger partial charge < -0.3 is 9.73 Å². The van der Waals surface area contributed by atoms with Crippen molar-refractivity contribution in [3.63, 3.8) is 0 Å². The number of nitrogens with one attached hydrogen (secondary N) is 1. The highest BCUT2D eigenvalue weighted by atomic mass is 32.2. The highest BCUT2D eigenvalue weighted by molar-refractivity contribution is 7.89. The van der Waals surface area contributed by atoms with Crippen LogP contribution in [0.5, 0.6) is 0 Å². The fourth-order valence-corrected chi connectivity index (χ4v) is 3.21. The molecule has 27 heavy (non-hydrogen) atoms. The number of anilines is 1. The summed E-state index contributed by atoms with van der Waals surface area (Å²) in [5.41, 5.74) is 1.82. The van der Waals surface area contributed by atoms with Crippen LogP contribution in [-0.4, -0.2) is 18.3 Å². The van der Waals surface area contributed by atoms with E-state index in [1.54, 1.807) is 0 Å². The van der Waals surface area contributed by atoms with Crippen LogP contribution in [0.25, 0.3) is 11.5 Å². The van der Waals surface area contributed by atoms with Gasteiger partial charge in [0.1, 0.15) is 12.0 Å². The van der Waals surface area contributed by atoms with Gasteiger partial charge in [0.2, 0.25) is 15.9 Å². The van der Waals surface area contributed by atoms with Crippen LogP contribution in [0.2, 0.25) is 0 Å². The molecule has 2 aromatic carbocycles. The topological polar surface area (TPSA) is 141 Å². The molecule has 1 aromatic heterocycles. The number of nitrogens with zero attached hydrogens (tertiary/aromatic N) is 2. The lowest BCUT2D eigenvalue weighted by Crippen LogP contribution is -2.15. The van der Waals surface area contributed by atoms with E-state index in [1.165, 1.54) is 18.4 Å². The molecule has 3 rings (SSSR count). The highest BCUT2D eigenvalue weighted by Gasteiger charge is 2.26. The molecular weight excluding hydrogens is 372 g/mol. The van der Waals surface area contributed by atoms with Gasteiger partial charge in [0.15, 0.2) is 4.90 Å². The zero-order chi connectivity index (χ0) is 19.6. The molecule has 0 saturated carbocycles. The summed E-state index contributed by atoms with van der Waals surface area (Å²) >= 11 is 0. The van der Waals surface area contributed by atoms with Gasteiger partial charge in [-0.3, -0.25) is 10.1 Å². The number of sulfonamides is 1. The zero-order valence-corrected chi connectivity index (χ0v) is 15.1. The molecule has 0 aliphatic carbocycles. The minimum atomic E-state index is -4.24. The minimum absolute atomic E-state index is 0.0198. The fraction of sp³-hybridized carbons (Fsp3) is 0.118. The second-order valence-electron chi connectivity index (χ2n) is 5.82. The maximum atomic E-state index is 11.6. The van der Waals surface area contributed by atoms with E-state index in [-0.39, 0.29) is 12.2 Å². The summed E-state index contributed by atoms with van der Waals surface area (Å²) in [4.78, 5) is 14.3. The molecule has 0 fully saturated rings. The summed E-state index contributed by atoms with van der Waals surface area (Å²) in [5, 5.41) is 19.2. The third kappa shape index (κ3) is 4.13. The van der Waals surface area contributed by atoms with Crippen LogP contribution in [-0.2, 0) is 16.6 Å². The third-order valence-corrected chi connectivity index (χ3v) is 4.74. The molecule has 10 heteroatoms. The maximum absolute atomic E-state index is 11.6. The predicted molar refractivity (Wildman–Crippen MR) is 98.5 cm³/mol. The van der Waals surface area contributed by atoms with E-state index >= 15 is 0 Å². The van der Waals surface area contributed by atoms with Gasteiger partial charge in [-0.2, -0.15) is 0 Å². The van der Waals surface area contributed by atoms with E-state index in [4.69, 9.17) is 9.56 Å². The van der Waals surface area contributed by atoms with Gasteiger partial charge in [0.05, 0.1) is 17.2 Å². The normalized spacial score (nSPS) is 11.3. The lowest BCUT2D eigenvalue weighted by Gasteiger charge is -2.08. The van der Waals surface area contributed by atoms with Crippen molar-refractivity contribution in [2.45, 2.75) is 18.4 Å². The number of hydrogen-bond acceptors (Lipinski definition) is 7. The van der Waals surface area contributed by atoms with Gasteiger partial charge in [-0.25, -0.2) is 18.5 Å². The molecule has 0 aliphatic heterocycles. The molecule has 0 radical (unpaired) electrons. The van der Waals surface area contributed by atoms with E-state index in [9.17, 15) is 18.5 Å². The monoisotopic (exact) mass is 388 g/mol. The molecule has 3 N–H and O–H groups in total. The van der Waals surface area contributed by atoms with Gasteiger partial charge in [0, 0.05) is 5.56 Å². The molecule has 0 saturated heterocycles. The Morgan fingerprint density at radius 3 is 2.56 bits per heavy atom. The molecule has 3 aromatic rings. The van der Waals surface area contributed by atoms with Crippen molar-refractivity contribution in [2.75, 3.05) is 5.32 Å². The Kier molecular flexibility index (Phi) is 4.93. The van der Waals surface area contributed by atoms with Crippen molar-refractivity contribution in [1.82, 2.24) is 4.98 Å². The number of nitro benzene ring substituents is 1. The largest absolute Gasteiger partial charge is 0.444 e. The van der Waals surface area contributed by atoms with Crippen LogP contribution in [0.4, 0.5) is 11.4 Å². The minimum Gasteiger partial charge on any atom is -0.444 e. The number of nitro groups is 1. The Balaban J connectivity index is 1.84. The fourth-order valence-electron chi connectivity index (χ4n) is 2.49. The Bertz CT molecular complexity index is 1090. The van der Waals surface area contributed by atoms with E-state index in [0.717, 1.165) is 17.2 Å². The van der Waals surface area contributed by atoms with Crippen LogP contribution in [0.3, 0.4) is 0 Å². The zero-order valence-electron chi connectivity index (χ0n) is 14.2. The van der Waals surface area contributed by atoms with Gasteiger partial charge in [0.25, 0.3) is 0 Å². The quantitative estimate of drug-likeness (QED) is 0.488. The summed E-state index contributed by atoms with van der Waals surface area (Å²) in [7, 11) is -4.24. The lowest BCUT2D eigenvalue weighted by atomic mass is 10.1. The molecule has 1 heterocycles. The molecule has 0 bridgehead atoms. The first-order chi connectivity index (χ1) is 12.8. The first-order valence-corrected chi connectivity index (χ1v) is 9.36. The summed E-state index contributed by atoms with van der Waals surface area (Å²) in [6.07, 6.45) is 1.43. The Morgan fingerprint density at radius 1 is 1.22 bits per heavy atom. The molecule has 140 valence electrons. The van der Waals surface area contributed by atoms with Crippen molar-refractivity contribution >= 4 is 21.4 Å². The summed E-state index contributed by atoms with van der Waals surface area (Å²) < 4.78 is 28.6. The Hall–Kier alpha value is -3.24. The number of aromatic nitrogens is 1. The Labute approximate surface area is 155 Å². The second-order valence-corrected chi connectivity index (χ2v) is 7.35. The average Bonchev–Trinajstić information content (AvgIpc) is 3.08. The summed E-state index contributed by atoms with van der Waals surface area (Å²) in [6, 6.07) is 11.5. The number of rotatable bonds is 6. The number of oxazole rings is 1. The van der Waals surface area contributed by atoms with Gasteiger partial charge in [-0.1, -0.05) is 23.8 Å². The first kappa shape index (κ1) is 18.5. The molecule has 0 spiro atoms. The van der Waals surface area contributed by atoms with E-state index in [1.807, 2.05) is 31.2 Å². The van der Waals surface area contributed by atoms with Gasteiger partial charge in [-0.05, 0) is 31.2 Å². The summed E-state index contributed by atoms with van der Waals surface area (Å²) in [6.45, 7) is 2.07. The number of aryl methyl sites for hydroxylation is 1. The van der Waals surface area contributed by atoms with Crippen molar-refractivity contribution in [2.24, 2.45) is 5.14 Å². The van der Waals surface area contributed by atoms with Crippen molar-refractivity contribution in [1.29, 1.82) is 0 Å². The van der Waals surface area contributed by atoms with Crippen LogP contribution in [0, 0.1) is 17.0 Å². The SMILES string of the molecule is Cc1ccc(-c2nc(CNc3cccc(S(N)(=O)=O)c3[N+](=O)[O-])co2)cc1. The molecule has 9 nitrogen and oxygen atoms in total. The van der Waals surface area contributed by atoms with Crippen LogP contribution in [0.15, 0.2) is 58.0 Å². The van der Waals surface area contributed by atoms with Crippen molar-refractivity contribution < 1.29 is 17.8 Å². The predicted octanol–water partition coefficient (Wildman–Crippen LogP) is 2.82. The van der Waals surface area contributed by atoms with Gasteiger partial charge >= 0.3 is 5.69 Å². The Morgan fingerprint density at radius 2 is 1.93 bits per heavy atom. The lowest BCUT2D eigenvalue weighted by molar-refractivity contribution is -0.386. The molecular formula is C17H16N4O5S. The summed E-state index contributed by atoms with van der Waals surface area (Å²) in [5.74, 6) is 0.416. The molecule has 0 unspecified atom stereocenters. The maximum Gasteiger partial charge on any atom is 0.312 e. The van der Waals surface area contributed by atoms with Crippen LogP contribution < -0.4 is 10.5 Å². The highest BCUT2D eigenvalue weighted by Crippen LogP contribution is 2.31. The number of hydrogen-bond donors (Lipinski definition) is 2. The smallest absolute Gasteiger partial charge is 0.312 e. The standard InChI is InChI=1S/C17H16N4O5S/c1-11-5-7-12(8-6-11)17-20-13(10-26-17)9-19-14-3-2-4-15(27(18,24)25)16(14)21(22)23/h2-8,10,19H,9H2,1H3,(H2,18,24,25). The number of primary sulfonamides is 1. The van der Waals surface area contributed by atoms with Crippen LogP contribution >= 0.6 is 0 Å². The molecule has 0 atom stereocenters. The molecule has 0 amide bonds. The second kappa shape index (κ2) is 7.17. The first-order valence-electron chi connectivity index (χ1n) is 7.81. The van der Waals surface area contributed by atoms with E-state index in [0.29, 0.717) is 11.6 Å². The van der Waals surface area contributed by atoms with Gasteiger partial charge in [-0.15, -0.1) is 0 Å². The average molecular weight is 388 g/mol. The van der Waals surface area contributed by atoms with Crippen LogP contribution in [0.1, 0.15) is 11.3 Å². The van der Waals surface area contributed by atoms with E-state index in [2.05, 4.69) is 10.3 Å². The van der Waals surface area contributed by atoms with Crippen molar-refractivity contribution in [3.8, 4) is 11.5 Å². The number of nitrogens with two attached hydrogens (primary N) is 1. The molecule has 0 aliphatic rings. The van der Waals surface area contributed by atoms with E-state index < -0.39 is 25.5 Å².